The highest BCUT2D eigenvalue weighted by atomic mass is 16.5. The van der Waals surface area contributed by atoms with Crippen molar-refractivity contribution < 1.29 is 9.94 Å². The van der Waals surface area contributed by atoms with Crippen LogP contribution in [0.25, 0.3) is 10.8 Å². The lowest BCUT2D eigenvalue weighted by molar-refractivity contribution is 0.128. The Labute approximate surface area is 148 Å². The summed E-state index contributed by atoms with van der Waals surface area (Å²) in [5, 5.41) is 13.2. The third kappa shape index (κ3) is 4.24. The van der Waals surface area contributed by atoms with Crippen molar-refractivity contribution in [1.29, 1.82) is 0 Å². The van der Waals surface area contributed by atoms with Gasteiger partial charge in [0.05, 0.1) is 12.3 Å². The van der Waals surface area contributed by atoms with Crippen LogP contribution in [0.1, 0.15) is 18.1 Å². The average molecular weight is 334 g/mol. The Balaban J connectivity index is 1.63. The number of ether oxygens (including phenoxy) is 1. The Morgan fingerprint density at radius 2 is 1.72 bits per heavy atom. The first-order chi connectivity index (χ1) is 12.1. The topological polar surface area (TPSA) is 45.1 Å². The number of anilines is 1. The number of benzene rings is 3. The van der Waals surface area contributed by atoms with Gasteiger partial charge in [0, 0.05) is 18.3 Å². The maximum Gasteiger partial charge on any atom is 0.138 e. The van der Waals surface area contributed by atoms with Gasteiger partial charge in [0.15, 0.2) is 0 Å². The first kappa shape index (κ1) is 17.1. The van der Waals surface area contributed by atoms with E-state index in [0.717, 1.165) is 27.6 Å². The summed E-state index contributed by atoms with van der Waals surface area (Å²) in [5.41, 5.74) is 3.69. The molecule has 0 atom stereocenters. The van der Waals surface area contributed by atoms with Gasteiger partial charge in [-0.2, -0.15) is 0 Å². The largest absolute Gasteiger partial charge is 0.355 e. The predicted octanol–water partition coefficient (Wildman–Crippen LogP) is 4.65. The zero-order valence-electron chi connectivity index (χ0n) is 14.5. The Morgan fingerprint density at radius 3 is 2.52 bits per heavy atom. The van der Waals surface area contributed by atoms with Gasteiger partial charge in [-0.25, -0.2) is 0 Å². The zero-order valence-corrected chi connectivity index (χ0v) is 14.5. The summed E-state index contributed by atoms with van der Waals surface area (Å²) < 4.78 is 5.66. The predicted molar refractivity (Wildman–Crippen MR) is 102 cm³/mol. The number of hydrogen-bond donors (Lipinski definition) is 1. The van der Waals surface area contributed by atoms with E-state index in [-0.39, 0.29) is 6.73 Å². The molecule has 3 aromatic rings. The van der Waals surface area contributed by atoms with Crippen LogP contribution in [0.5, 0.6) is 0 Å². The van der Waals surface area contributed by atoms with Gasteiger partial charge in [-0.05, 0) is 35.4 Å². The van der Waals surface area contributed by atoms with Gasteiger partial charge in [0.25, 0.3) is 0 Å². The Hall–Kier alpha value is -2.69. The molecule has 0 spiro atoms. The number of aliphatic imine (C=N–C) groups is 1. The quantitative estimate of drug-likeness (QED) is 0.405. The van der Waals surface area contributed by atoms with E-state index >= 15 is 0 Å². The van der Waals surface area contributed by atoms with Crippen LogP contribution in [0, 0.1) is 0 Å². The van der Waals surface area contributed by atoms with Gasteiger partial charge in [-0.3, -0.25) is 15.3 Å². The van der Waals surface area contributed by atoms with Gasteiger partial charge >= 0.3 is 0 Å². The van der Waals surface area contributed by atoms with E-state index in [0.29, 0.717) is 6.61 Å². The molecular weight excluding hydrogens is 312 g/mol. The molecule has 3 aromatic carbocycles. The Kier molecular flexibility index (Phi) is 5.43. The number of fused-ring (bicyclic) bond motifs is 1. The fourth-order valence-corrected chi connectivity index (χ4v) is 2.75. The Bertz CT molecular complexity index is 888. The third-order valence-electron chi connectivity index (χ3n) is 4.16. The molecule has 0 aromatic heterocycles. The molecule has 128 valence electrons. The normalized spacial score (nSPS) is 11.7. The highest BCUT2D eigenvalue weighted by molar-refractivity contribution is 6.01. The SMILES string of the molecule is C/C(=N\COCc1ccccc1N(C)O)c1ccc2ccccc2c1. The second-order valence-electron chi connectivity index (χ2n) is 5.94. The minimum atomic E-state index is 0.280. The summed E-state index contributed by atoms with van der Waals surface area (Å²) in [7, 11) is 1.60. The molecule has 0 unspecified atom stereocenters. The minimum absolute atomic E-state index is 0.280. The molecule has 0 saturated heterocycles. The molecule has 1 N–H and O–H groups in total. The van der Waals surface area contributed by atoms with Crippen molar-refractivity contribution >= 4 is 22.2 Å². The third-order valence-corrected chi connectivity index (χ3v) is 4.16. The number of nitrogens with zero attached hydrogens (tertiary/aromatic N) is 2. The van der Waals surface area contributed by atoms with Crippen molar-refractivity contribution in [1.82, 2.24) is 0 Å². The average Bonchev–Trinajstić information content (AvgIpc) is 2.64. The smallest absolute Gasteiger partial charge is 0.138 e. The maximum atomic E-state index is 9.63. The van der Waals surface area contributed by atoms with Crippen molar-refractivity contribution in [3.05, 3.63) is 77.9 Å². The lowest BCUT2D eigenvalue weighted by atomic mass is 10.0. The molecule has 0 fully saturated rings. The van der Waals surface area contributed by atoms with E-state index in [2.05, 4.69) is 35.3 Å². The summed E-state index contributed by atoms with van der Waals surface area (Å²) in [4.78, 5) is 4.51. The summed E-state index contributed by atoms with van der Waals surface area (Å²) in [5.74, 6) is 0. The summed E-state index contributed by atoms with van der Waals surface area (Å²) >= 11 is 0. The van der Waals surface area contributed by atoms with Crippen molar-refractivity contribution in [2.75, 3.05) is 18.8 Å². The number of rotatable bonds is 6. The van der Waals surface area contributed by atoms with Gasteiger partial charge < -0.3 is 4.74 Å². The molecule has 0 saturated carbocycles. The van der Waals surface area contributed by atoms with Gasteiger partial charge in [0.2, 0.25) is 0 Å². The molecule has 4 heteroatoms. The molecule has 0 aliphatic rings. The van der Waals surface area contributed by atoms with Crippen molar-refractivity contribution in [3.8, 4) is 0 Å². The summed E-state index contributed by atoms with van der Waals surface area (Å²) in [6, 6.07) is 22.2. The van der Waals surface area contributed by atoms with E-state index in [1.54, 1.807) is 7.05 Å². The first-order valence-corrected chi connectivity index (χ1v) is 8.23. The lowest BCUT2D eigenvalue weighted by Gasteiger charge is -2.15. The lowest BCUT2D eigenvalue weighted by Crippen LogP contribution is -2.12. The number of hydrogen-bond acceptors (Lipinski definition) is 4. The highest BCUT2D eigenvalue weighted by Gasteiger charge is 2.05. The molecule has 0 heterocycles. The van der Waals surface area contributed by atoms with E-state index in [9.17, 15) is 5.21 Å². The second-order valence-corrected chi connectivity index (χ2v) is 5.94. The monoisotopic (exact) mass is 334 g/mol. The standard InChI is InChI=1S/C21H22N2O2/c1-16(18-12-11-17-7-3-4-8-19(17)13-18)22-15-25-14-20-9-5-6-10-21(20)23(2)24/h3-13,24H,14-15H2,1-2H3/b22-16+. The van der Waals surface area contributed by atoms with Crippen molar-refractivity contribution in [2.45, 2.75) is 13.5 Å². The molecule has 0 radical (unpaired) electrons. The fourth-order valence-electron chi connectivity index (χ4n) is 2.75. The number of para-hydroxylation sites is 1. The van der Waals surface area contributed by atoms with Crippen LogP contribution in [0.2, 0.25) is 0 Å². The van der Waals surface area contributed by atoms with Crippen LogP contribution in [-0.2, 0) is 11.3 Å². The molecule has 0 aliphatic carbocycles. The highest BCUT2D eigenvalue weighted by Crippen LogP contribution is 2.19. The molecule has 0 bridgehead atoms. The van der Waals surface area contributed by atoms with Crippen molar-refractivity contribution in [2.24, 2.45) is 4.99 Å². The van der Waals surface area contributed by atoms with Crippen LogP contribution in [0.3, 0.4) is 0 Å². The molecule has 0 amide bonds. The van der Waals surface area contributed by atoms with E-state index in [1.165, 1.54) is 10.8 Å². The van der Waals surface area contributed by atoms with Crippen molar-refractivity contribution in [3.63, 3.8) is 0 Å². The van der Waals surface area contributed by atoms with Gasteiger partial charge in [0.1, 0.15) is 6.73 Å². The van der Waals surface area contributed by atoms with Crippen LogP contribution in [0.15, 0.2) is 71.7 Å². The minimum Gasteiger partial charge on any atom is -0.355 e. The number of hydroxylamine groups is 1. The zero-order chi connectivity index (χ0) is 17.6. The molecule has 25 heavy (non-hydrogen) atoms. The van der Waals surface area contributed by atoms with Gasteiger partial charge in [-0.1, -0.05) is 54.6 Å². The molecule has 4 nitrogen and oxygen atoms in total. The summed E-state index contributed by atoms with van der Waals surface area (Å²) in [6.45, 7) is 2.67. The van der Waals surface area contributed by atoms with Crippen LogP contribution in [-0.4, -0.2) is 24.7 Å². The van der Waals surface area contributed by atoms with Crippen LogP contribution >= 0.6 is 0 Å². The van der Waals surface area contributed by atoms with E-state index < -0.39 is 0 Å². The van der Waals surface area contributed by atoms with Crippen LogP contribution < -0.4 is 5.06 Å². The van der Waals surface area contributed by atoms with Crippen LogP contribution in [0.4, 0.5) is 5.69 Å². The fraction of sp³-hybridized carbons (Fsp3) is 0.190. The Morgan fingerprint density at radius 1 is 1.00 bits per heavy atom. The van der Waals surface area contributed by atoms with E-state index in [4.69, 9.17) is 4.74 Å². The van der Waals surface area contributed by atoms with E-state index in [1.807, 2.05) is 43.3 Å². The summed E-state index contributed by atoms with van der Waals surface area (Å²) in [6.07, 6.45) is 0. The molecular formula is C21H22N2O2. The molecule has 3 rings (SSSR count). The second kappa shape index (κ2) is 7.92. The first-order valence-electron chi connectivity index (χ1n) is 8.23. The molecule has 0 aliphatic heterocycles. The van der Waals surface area contributed by atoms with Gasteiger partial charge in [-0.15, -0.1) is 0 Å². The maximum absolute atomic E-state index is 9.63.